The Balaban J connectivity index is 1.53. The van der Waals surface area contributed by atoms with Crippen LogP contribution < -0.4 is 11.1 Å². The Kier molecular flexibility index (Phi) is 4.44. The van der Waals surface area contributed by atoms with Crippen LogP contribution in [0.5, 0.6) is 0 Å². The number of pyridine rings is 1. The molecule has 7 heteroatoms. The molecule has 0 atom stereocenters. The van der Waals surface area contributed by atoms with E-state index in [0.717, 1.165) is 40.0 Å². The third kappa shape index (κ3) is 3.34. The molecule has 0 saturated carbocycles. The summed E-state index contributed by atoms with van der Waals surface area (Å²) in [5.74, 6) is 1.11. The van der Waals surface area contributed by atoms with Crippen molar-refractivity contribution in [3.05, 3.63) is 70.4 Å². The number of carbonyl (C=O) groups is 1. The SMILES string of the molecule is NC(=O)c1ccc(CNc2nc(-c3cccnc3)nc3sc4c(c23)CCC4)cc1. The Hall–Kier alpha value is -3.32. The van der Waals surface area contributed by atoms with Crippen LogP contribution in [0.2, 0.25) is 0 Å². The summed E-state index contributed by atoms with van der Waals surface area (Å²) < 4.78 is 0. The van der Waals surface area contributed by atoms with Gasteiger partial charge in [-0.2, -0.15) is 0 Å². The van der Waals surface area contributed by atoms with Gasteiger partial charge in [0.05, 0.1) is 5.39 Å². The van der Waals surface area contributed by atoms with E-state index in [4.69, 9.17) is 15.7 Å². The first-order valence-corrected chi connectivity index (χ1v) is 10.4. The molecule has 4 aromatic rings. The van der Waals surface area contributed by atoms with Gasteiger partial charge in [0, 0.05) is 34.9 Å². The number of benzene rings is 1. The van der Waals surface area contributed by atoms with E-state index in [2.05, 4.69) is 10.3 Å². The number of hydrogen-bond acceptors (Lipinski definition) is 6. The number of hydrogen-bond donors (Lipinski definition) is 2. The molecule has 0 radical (unpaired) electrons. The first-order valence-electron chi connectivity index (χ1n) is 9.54. The molecule has 0 saturated heterocycles. The number of nitrogens with one attached hydrogen (secondary N) is 1. The van der Waals surface area contributed by atoms with Crippen LogP contribution in [0.3, 0.4) is 0 Å². The van der Waals surface area contributed by atoms with Gasteiger partial charge < -0.3 is 11.1 Å². The van der Waals surface area contributed by atoms with E-state index in [9.17, 15) is 4.79 Å². The number of amides is 1. The molecular weight excluding hydrogens is 382 g/mol. The van der Waals surface area contributed by atoms with Crippen LogP contribution in [-0.4, -0.2) is 20.9 Å². The molecule has 0 bridgehead atoms. The molecule has 1 aliphatic carbocycles. The number of primary amides is 1. The maximum absolute atomic E-state index is 11.3. The van der Waals surface area contributed by atoms with Gasteiger partial charge in [-0.05, 0) is 54.7 Å². The average Bonchev–Trinajstić information content (AvgIpc) is 3.34. The lowest BCUT2D eigenvalue weighted by atomic mass is 10.1. The zero-order chi connectivity index (χ0) is 19.8. The Morgan fingerprint density at radius 3 is 2.76 bits per heavy atom. The molecule has 3 N–H and O–H groups in total. The van der Waals surface area contributed by atoms with Crippen molar-refractivity contribution >= 4 is 33.3 Å². The molecule has 6 nitrogen and oxygen atoms in total. The summed E-state index contributed by atoms with van der Waals surface area (Å²) in [6.45, 7) is 0.599. The molecule has 0 spiro atoms. The van der Waals surface area contributed by atoms with Gasteiger partial charge in [0.25, 0.3) is 0 Å². The van der Waals surface area contributed by atoms with Gasteiger partial charge in [0.1, 0.15) is 10.6 Å². The molecule has 3 aromatic heterocycles. The van der Waals surface area contributed by atoms with Gasteiger partial charge in [-0.1, -0.05) is 12.1 Å². The maximum atomic E-state index is 11.3. The van der Waals surface area contributed by atoms with Crippen LogP contribution in [0.25, 0.3) is 21.6 Å². The zero-order valence-electron chi connectivity index (χ0n) is 15.7. The van der Waals surface area contributed by atoms with Crippen LogP contribution >= 0.6 is 11.3 Å². The summed E-state index contributed by atoms with van der Waals surface area (Å²) >= 11 is 1.77. The summed E-state index contributed by atoms with van der Waals surface area (Å²) in [7, 11) is 0. The molecule has 5 rings (SSSR count). The predicted octanol–water partition coefficient (Wildman–Crippen LogP) is 3.95. The van der Waals surface area contributed by atoms with Gasteiger partial charge in [-0.3, -0.25) is 9.78 Å². The maximum Gasteiger partial charge on any atom is 0.248 e. The number of anilines is 1. The number of aryl methyl sites for hydroxylation is 2. The second-order valence-electron chi connectivity index (χ2n) is 7.09. The van der Waals surface area contributed by atoms with E-state index >= 15 is 0 Å². The second-order valence-corrected chi connectivity index (χ2v) is 8.17. The van der Waals surface area contributed by atoms with E-state index in [1.54, 1.807) is 35.9 Å². The molecule has 29 heavy (non-hydrogen) atoms. The summed E-state index contributed by atoms with van der Waals surface area (Å²) in [4.78, 5) is 27.6. The van der Waals surface area contributed by atoms with Gasteiger partial charge in [-0.25, -0.2) is 9.97 Å². The molecule has 3 heterocycles. The molecule has 0 unspecified atom stereocenters. The molecule has 1 aromatic carbocycles. The van der Waals surface area contributed by atoms with Gasteiger partial charge in [-0.15, -0.1) is 11.3 Å². The Bertz CT molecular complexity index is 1200. The first kappa shape index (κ1) is 17.8. The monoisotopic (exact) mass is 401 g/mol. The number of rotatable bonds is 5. The van der Waals surface area contributed by atoms with E-state index in [-0.39, 0.29) is 0 Å². The van der Waals surface area contributed by atoms with Crippen molar-refractivity contribution in [3.8, 4) is 11.4 Å². The van der Waals surface area contributed by atoms with Crippen molar-refractivity contribution in [1.82, 2.24) is 15.0 Å². The highest BCUT2D eigenvalue weighted by atomic mass is 32.1. The fraction of sp³-hybridized carbons (Fsp3) is 0.182. The van der Waals surface area contributed by atoms with Gasteiger partial charge in [0.15, 0.2) is 5.82 Å². The number of fused-ring (bicyclic) bond motifs is 3. The van der Waals surface area contributed by atoms with Crippen LogP contribution in [0, 0.1) is 0 Å². The minimum atomic E-state index is -0.419. The smallest absolute Gasteiger partial charge is 0.248 e. The fourth-order valence-electron chi connectivity index (χ4n) is 3.72. The van der Waals surface area contributed by atoms with Crippen molar-refractivity contribution < 1.29 is 4.79 Å². The predicted molar refractivity (Wildman–Crippen MR) is 115 cm³/mol. The quantitative estimate of drug-likeness (QED) is 0.528. The highest BCUT2D eigenvalue weighted by Gasteiger charge is 2.22. The van der Waals surface area contributed by atoms with Crippen molar-refractivity contribution in [2.45, 2.75) is 25.8 Å². The third-order valence-electron chi connectivity index (χ3n) is 5.18. The summed E-state index contributed by atoms with van der Waals surface area (Å²) in [5.41, 5.74) is 9.17. The zero-order valence-corrected chi connectivity index (χ0v) is 16.5. The van der Waals surface area contributed by atoms with Crippen molar-refractivity contribution in [3.63, 3.8) is 0 Å². The van der Waals surface area contributed by atoms with Crippen molar-refractivity contribution in [2.24, 2.45) is 5.73 Å². The van der Waals surface area contributed by atoms with E-state index < -0.39 is 5.91 Å². The standard InChI is InChI=1S/C22H19N5OS/c23-19(28)14-8-6-13(7-9-14)11-25-21-18-16-4-1-5-17(16)29-22(18)27-20(26-21)15-3-2-10-24-12-15/h2-3,6-10,12H,1,4-5,11H2,(H2,23,28)(H,25,26,27). The highest BCUT2D eigenvalue weighted by Crippen LogP contribution is 2.40. The molecule has 144 valence electrons. The van der Waals surface area contributed by atoms with Crippen LogP contribution in [0.15, 0.2) is 48.8 Å². The molecule has 1 aliphatic rings. The molecular formula is C22H19N5OS. The summed E-state index contributed by atoms with van der Waals surface area (Å²) in [6, 6.07) is 11.2. The summed E-state index contributed by atoms with van der Waals surface area (Å²) in [6.07, 6.45) is 6.92. The Morgan fingerprint density at radius 1 is 1.14 bits per heavy atom. The Labute approximate surface area is 171 Å². The average molecular weight is 401 g/mol. The highest BCUT2D eigenvalue weighted by molar-refractivity contribution is 7.19. The van der Waals surface area contributed by atoms with Gasteiger partial charge in [0.2, 0.25) is 5.91 Å². The minimum absolute atomic E-state index is 0.419. The molecule has 0 aliphatic heterocycles. The van der Waals surface area contributed by atoms with Crippen LogP contribution in [-0.2, 0) is 19.4 Å². The largest absolute Gasteiger partial charge is 0.366 e. The first-order chi connectivity index (χ1) is 14.2. The van der Waals surface area contributed by atoms with Gasteiger partial charge >= 0.3 is 0 Å². The number of thiophene rings is 1. The van der Waals surface area contributed by atoms with Crippen molar-refractivity contribution in [2.75, 3.05) is 5.32 Å². The number of carbonyl (C=O) groups excluding carboxylic acids is 1. The van der Waals surface area contributed by atoms with Crippen LogP contribution in [0.4, 0.5) is 5.82 Å². The van der Waals surface area contributed by atoms with E-state index in [1.807, 2.05) is 24.3 Å². The minimum Gasteiger partial charge on any atom is -0.366 e. The lowest BCUT2D eigenvalue weighted by molar-refractivity contribution is 0.100. The Morgan fingerprint density at radius 2 is 2.00 bits per heavy atom. The second kappa shape index (κ2) is 7.25. The van der Waals surface area contributed by atoms with E-state index in [1.165, 1.54) is 16.9 Å². The van der Waals surface area contributed by atoms with Crippen molar-refractivity contribution in [1.29, 1.82) is 0 Å². The summed E-state index contributed by atoms with van der Waals surface area (Å²) in [5, 5.41) is 4.64. The number of nitrogens with zero attached hydrogens (tertiary/aromatic N) is 3. The topological polar surface area (TPSA) is 93.8 Å². The van der Waals surface area contributed by atoms with E-state index in [0.29, 0.717) is 17.9 Å². The number of aromatic nitrogens is 3. The molecule has 1 amide bonds. The molecule has 0 fully saturated rings. The number of nitrogens with two attached hydrogens (primary N) is 1. The normalized spacial score (nSPS) is 12.8. The fourth-order valence-corrected chi connectivity index (χ4v) is 4.98. The van der Waals surface area contributed by atoms with Crippen LogP contribution in [0.1, 0.15) is 32.8 Å². The lowest BCUT2D eigenvalue weighted by Crippen LogP contribution is -2.11. The lowest BCUT2D eigenvalue weighted by Gasteiger charge is -2.11. The third-order valence-corrected chi connectivity index (χ3v) is 6.37.